The third kappa shape index (κ3) is 5.33. The molecule has 1 heterocycles. The molecule has 1 fully saturated rings. The molecule has 1 saturated heterocycles. The fourth-order valence-corrected chi connectivity index (χ4v) is 3.27. The molecule has 0 bridgehead atoms. The zero-order valence-electron chi connectivity index (χ0n) is 13.9. The minimum Gasteiger partial charge on any atom is -0.452 e. The number of rotatable bonds is 4. The molecule has 0 atom stereocenters. The van der Waals surface area contributed by atoms with E-state index >= 15 is 0 Å². The zero-order valence-corrected chi connectivity index (χ0v) is 14.7. The van der Waals surface area contributed by atoms with Crippen molar-refractivity contribution in [2.75, 3.05) is 26.0 Å². The number of carbonyl (C=O) groups excluding carboxylic acids is 2. The smallest absolute Gasteiger partial charge is 0.338 e. The van der Waals surface area contributed by atoms with E-state index in [1.165, 1.54) is 30.7 Å². The van der Waals surface area contributed by atoms with E-state index in [0.29, 0.717) is 13.1 Å². The van der Waals surface area contributed by atoms with E-state index in [1.54, 1.807) is 4.90 Å². The van der Waals surface area contributed by atoms with Crippen LogP contribution in [0.4, 0.5) is 0 Å². The molecule has 2 rings (SSSR count). The first kappa shape index (κ1) is 18.4. The molecular weight excluding hydrogens is 330 g/mol. The summed E-state index contributed by atoms with van der Waals surface area (Å²) in [4.78, 5) is 26.0. The molecule has 24 heavy (non-hydrogen) atoms. The van der Waals surface area contributed by atoms with Gasteiger partial charge < -0.3 is 9.64 Å². The Bertz CT molecular complexity index is 673. The van der Waals surface area contributed by atoms with Crippen LogP contribution in [0.5, 0.6) is 0 Å². The molecule has 0 N–H and O–H groups in total. The second-order valence-electron chi connectivity index (χ2n) is 6.02. The monoisotopic (exact) mass is 353 g/mol. The van der Waals surface area contributed by atoms with Gasteiger partial charge in [0.25, 0.3) is 5.91 Å². The highest BCUT2D eigenvalue weighted by Crippen LogP contribution is 2.12. The maximum absolute atomic E-state index is 12.2. The van der Waals surface area contributed by atoms with Crippen LogP contribution < -0.4 is 0 Å². The lowest BCUT2D eigenvalue weighted by atomic mass is 10.1. The van der Waals surface area contributed by atoms with E-state index in [4.69, 9.17) is 4.74 Å². The Morgan fingerprint density at radius 2 is 1.54 bits per heavy atom. The molecule has 0 unspecified atom stereocenters. The maximum Gasteiger partial charge on any atom is 0.338 e. The Morgan fingerprint density at radius 3 is 2.08 bits per heavy atom. The summed E-state index contributed by atoms with van der Waals surface area (Å²) in [5.74, 6) is -0.812. The molecule has 0 aliphatic carbocycles. The number of sulfone groups is 1. The van der Waals surface area contributed by atoms with Crippen LogP contribution in [-0.4, -0.2) is 51.1 Å². The van der Waals surface area contributed by atoms with E-state index in [9.17, 15) is 18.0 Å². The topological polar surface area (TPSA) is 80.7 Å². The highest BCUT2D eigenvalue weighted by Gasteiger charge is 2.17. The molecule has 7 heteroatoms. The predicted molar refractivity (Wildman–Crippen MR) is 89.5 cm³/mol. The highest BCUT2D eigenvalue weighted by atomic mass is 32.2. The number of nitrogens with zero attached hydrogens (tertiary/aromatic N) is 1. The molecule has 0 spiro atoms. The van der Waals surface area contributed by atoms with Crippen molar-refractivity contribution in [2.24, 2.45) is 0 Å². The molecule has 1 aliphatic rings. The average molecular weight is 353 g/mol. The molecule has 1 aromatic rings. The summed E-state index contributed by atoms with van der Waals surface area (Å²) in [6.45, 7) is 1.13. The standard InChI is InChI=1S/C17H23NO5S/c1-24(21,22)15-9-7-14(8-10-15)17(20)23-13-16(19)18-11-5-3-2-4-6-12-18/h7-10H,2-6,11-13H2,1H3. The van der Waals surface area contributed by atoms with Crippen molar-refractivity contribution in [1.82, 2.24) is 4.90 Å². The second-order valence-corrected chi connectivity index (χ2v) is 8.04. The van der Waals surface area contributed by atoms with Gasteiger partial charge in [0.1, 0.15) is 0 Å². The first-order valence-corrected chi connectivity index (χ1v) is 10.0. The number of ether oxygens (including phenoxy) is 1. The van der Waals surface area contributed by atoms with Crippen LogP contribution >= 0.6 is 0 Å². The third-order valence-corrected chi connectivity index (χ3v) is 5.18. The van der Waals surface area contributed by atoms with Crippen molar-refractivity contribution >= 4 is 21.7 Å². The summed E-state index contributed by atoms with van der Waals surface area (Å²) in [5, 5.41) is 0. The van der Waals surface area contributed by atoms with Crippen molar-refractivity contribution in [3.8, 4) is 0 Å². The van der Waals surface area contributed by atoms with Gasteiger partial charge in [-0.05, 0) is 37.1 Å². The Kier molecular flexibility index (Phi) is 6.36. The summed E-state index contributed by atoms with van der Waals surface area (Å²) >= 11 is 0. The zero-order chi connectivity index (χ0) is 17.6. The number of carbonyl (C=O) groups is 2. The van der Waals surface area contributed by atoms with Crippen LogP contribution in [0.1, 0.15) is 42.5 Å². The molecule has 1 amide bonds. The molecule has 0 aromatic heterocycles. The lowest BCUT2D eigenvalue weighted by Crippen LogP contribution is -2.36. The van der Waals surface area contributed by atoms with Crippen LogP contribution in [0.15, 0.2) is 29.2 Å². The molecule has 0 saturated carbocycles. The number of amides is 1. The van der Waals surface area contributed by atoms with E-state index in [-0.39, 0.29) is 23.0 Å². The largest absolute Gasteiger partial charge is 0.452 e. The van der Waals surface area contributed by atoms with E-state index in [2.05, 4.69) is 0 Å². The van der Waals surface area contributed by atoms with E-state index < -0.39 is 15.8 Å². The Balaban J connectivity index is 1.88. The summed E-state index contributed by atoms with van der Waals surface area (Å²) in [6, 6.07) is 5.48. The molecule has 6 nitrogen and oxygen atoms in total. The summed E-state index contributed by atoms with van der Waals surface area (Å²) in [5.41, 5.74) is 0.225. The minimum atomic E-state index is -3.30. The van der Waals surface area contributed by atoms with Crippen LogP contribution in [0, 0.1) is 0 Å². The number of hydrogen-bond donors (Lipinski definition) is 0. The lowest BCUT2D eigenvalue weighted by molar-refractivity contribution is -0.134. The van der Waals surface area contributed by atoms with Crippen LogP contribution in [0.25, 0.3) is 0 Å². The van der Waals surface area contributed by atoms with Gasteiger partial charge in [0.15, 0.2) is 16.4 Å². The fraction of sp³-hybridized carbons (Fsp3) is 0.529. The van der Waals surface area contributed by atoms with Crippen LogP contribution in [0.2, 0.25) is 0 Å². The van der Waals surface area contributed by atoms with Crippen molar-refractivity contribution < 1.29 is 22.7 Å². The van der Waals surface area contributed by atoms with Gasteiger partial charge in [0, 0.05) is 19.3 Å². The van der Waals surface area contributed by atoms with Crippen molar-refractivity contribution in [3.63, 3.8) is 0 Å². The van der Waals surface area contributed by atoms with E-state index in [0.717, 1.165) is 31.9 Å². The van der Waals surface area contributed by atoms with Gasteiger partial charge in [-0.3, -0.25) is 4.79 Å². The van der Waals surface area contributed by atoms with Gasteiger partial charge in [-0.15, -0.1) is 0 Å². The van der Waals surface area contributed by atoms with Gasteiger partial charge in [0.2, 0.25) is 0 Å². The van der Waals surface area contributed by atoms with Crippen molar-refractivity contribution in [3.05, 3.63) is 29.8 Å². The molecule has 132 valence electrons. The van der Waals surface area contributed by atoms with Crippen molar-refractivity contribution in [2.45, 2.75) is 37.0 Å². The number of esters is 1. The summed E-state index contributed by atoms with van der Waals surface area (Å²) < 4.78 is 27.8. The average Bonchev–Trinajstić information content (AvgIpc) is 2.51. The second kappa shape index (κ2) is 8.28. The quantitative estimate of drug-likeness (QED) is 0.774. The van der Waals surface area contributed by atoms with Gasteiger partial charge in [-0.25, -0.2) is 13.2 Å². The van der Waals surface area contributed by atoms with E-state index in [1.807, 2.05) is 0 Å². The van der Waals surface area contributed by atoms with Gasteiger partial charge >= 0.3 is 5.97 Å². The predicted octanol–water partition coefficient (Wildman–Crippen LogP) is 2.04. The van der Waals surface area contributed by atoms with Crippen molar-refractivity contribution in [1.29, 1.82) is 0 Å². The summed E-state index contributed by atoms with van der Waals surface area (Å²) in [6.07, 6.45) is 6.51. The maximum atomic E-state index is 12.2. The number of likely N-dealkylation sites (tertiary alicyclic amines) is 1. The Morgan fingerprint density at radius 1 is 1.00 bits per heavy atom. The first-order valence-electron chi connectivity index (χ1n) is 8.13. The molecule has 1 aromatic carbocycles. The molecular formula is C17H23NO5S. The number of hydrogen-bond acceptors (Lipinski definition) is 5. The Labute approximate surface area is 142 Å². The molecule has 1 aliphatic heterocycles. The third-order valence-electron chi connectivity index (χ3n) is 4.05. The Hall–Kier alpha value is -1.89. The van der Waals surface area contributed by atoms with Gasteiger partial charge in [-0.1, -0.05) is 19.3 Å². The normalized spacial score (nSPS) is 16.1. The fourth-order valence-electron chi connectivity index (χ4n) is 2.64. The minimum absolute atomic E-state index is 0.135. The van der Waals surface area contributed by atoms with Crippen LogP contribution in [-0.2, 0) is 19.4 Å². The van der Waals surface area contributed by atoms with Crippen LogP contribution in [0.3, 0.4) is 0 Å². The lowest BCUT2D eigenvalue weighted by Gasteiger charge is -2.24. The number of benzene rings is 1. The SMILES string of the molecule is CS(=O)(=O)c1ccc(C(=O)OCC(=O)N2CCCCCCC2)cc1. The van der Waals surface area contributed by atoms with Gasteiger partial charge in [-0.2, -0.15) is 0 Å². The molecule has 0 radical (unpaired) electrons. The first-order chi connectivity index (χ1) is 11.4. The van der Waals surface area contributed by atoms with Gasteiger partial charge in [0.05, 0.1) is 10.5 Å². The summed E-state index contributed by atoms with van der Waals surface area (Å²) in [7, 11) is -3.30. The highest BCUT2D eigenvalue weighted by molar-refractivity contribution is 7.90.